The molecule has 0 spiro atoms. The Morgan fingerprint density at radius 1 is 0.939 bits per heavy atom. The molecule has 0 radical (unpaired) electrons. The van der Waals surface area contributed by atoms with E-state index in [9.17, 15) is 13.2 Å². The lowest BCUT2D eigenvalue weighted by Gasteiger charge is -2.25. The zero-order valence-electron chi connectivity index (χ0n) is 18.8. The number of methoxy groups -OCH3 is 2. The summed E-state index contributed by atoms with van der Waals surface area (Å²) in [7, 11) is -1.35. The SMILES string of the molecule is COc1ccc(N(CC(=O)Nc2cccc(C)c2)S(=O)(=O)c2cc(C)ccc2OC)cc1Cl. The summed E-state index contributed by atoms with van der Waals surface area (Å²) in [5.41, 5.74) is 2.47. The minimum absolute atomic E-state index is 0.0553. The number of carbonyl (C=O) groups is 1. The van der Waals surface area contributed by atoms with Crippen molar-refractivity contribution in [3.05, 3.63) is 76.8 Å². The highest BCUT2D eigenvalue weighted by Crippen LogP contribution is 2.34. The van der Waals surface area contributed by atoms with Gasteiger partial charge in [-0.1, -0.05) is 29.8 Å². The summed E-state index contributed by atoms with van der Waals surface area (Å²) in [4.78, 5) is 12.9. The molecule has 0 atom stereocenters. The van der Waals surface area contributed by atoms with Crippen molar-refractivity contribution in [3.8, 4) is 11.5 Å². The summed E-state index contributed by atoms with van der Waals surface area (Å²) in [6.45, 7) is 3.20. The fourth-order valence-electron chi connectivity index (χ4n) is 3.28. The van der Waals surface area contributed by atoms with Crippen LogP contribution in [0.15, 0.2) is 65.6 Å². The van der Waals surface area contributed by atoms with Gasteiger partial charge in [-0.3, -0.25) is 9.10 Å². The van der Waals surface area contributed by atoms with Crippen LogP contribution < -0.4 is 19.1 Å². The monoisotopic (exact) mass is 488 g/mol. The molecule has 1 N–H and O–H groups in total. The van der Waals surface area contributed by atoms with Crippen LogP contribution in [0.5, 0.6) is 11.5 Å². The number of sulfonamides is 1. The van der Waals surface area contributed by atoms with Gasteiger partial charge in [-0.15, -0.1) is 0 Å². The highest BCUT2D eigenvalue weighted by atomic mass is 35.5. The molecule has 0 aromatic heterocycles. The molecule has 3 aromatic carbocycles. The Morgan fingerprint density at radius 3 is 2.24 bits per heavy atom. The molecule has 3 rings (SSSR count). The van der Waals surface area contributed by atoms with Gasteiger partial charge < -0.3 is 14.8 Å². The van der Waals surface area contributed by atoms with Crippen LogP contribution in [0.2, 0.25) is 5.02 Å². The second-order valence-corrected chi connectivity index (χ2v) is 9.64. The third kappa shape index (κ3) is 5.58. The first kappa shape index (κ1) is 24.4. The van der Waals surface area contributed by atoms with E-state index in [1.54, 1.807) is 43.3 Å². The first-order chi connectivity index (χ1) is 15.6. The summed E-state index contributed by atoms with van der Waals surface area (Å²) in [5.74, 6) is 0.0437. The first-order valence-electron chi connectivity index (χ1n) is 10.0. The zero-order valence-corrected chi connectivity index (χ0v) is 20.3. The molecule has 0 unspecified atom stereocenters. The predicted molar refractivity (Wildman–Crippen MR) is 130 cm³/mol. The van der Waals surface area contributed by atoms with E-state index >= 15 is 0 Å². The summed E-state index contributed by atoms with van der Waals surface area (Å²) >= 11 is 6.27. The number of hydrogen-bond donors (Lipinski definition) is 1. The maximum absolute atomic E-state index is 13.8. The second-order valence-electron chi connectivity index (χ2n) is 7.40. The number of hydrogen-bond acceptors (Lipinski definition) is 5. The van der Waals surface area contributed by atoms with Crippen molar-refractivity contribution in [2.24, 2.45) is 0 Å². The van der Waals surface area contributed by atoms with Crippen LogP contribution >= 0.6 is 11.6 Å². The quantitative estimate of drug-likeness (QED) is 0.492. The molecule has 0 aliphatic rings. The molecule has 0 aliphatic carbocycles. The standard InChI is InChI=1S/C24H25ClN2O5S/c1-16-6-5-7-18(12-16)26-24(28)15-27(19-9-11-21(31-3)20(25)14-19)33(29,30)23-13-17(2)8-10-22(23)32-4/h5-14H,15H2,1-4H3,(H,26,28). The van der Waals surface area contributed by atoms with Crippen molar-refractivity contribution >= 4 is 38.9 Å². The van der Waals surface area contributed by atoms with E-state index in [4.69, 9.17) is 21.1 Å². The average Bonchev–Trinajstić information content (AvgIpc) is 2.77. The third-order valence-corrected chi connectivity index (χ3v) is 6.99. The van der Waals surface area contributed by atoms with E-state index in [-0.39, 0.29) is 21.4 Å². The molecule has 33 heavy (non-hydrogen) atoms. The molecule has 0 heterocycles. The molecule has 0 bridgehead atoms. The highest BCUT2D eigenvalue weighted by molar-refractivity contribution is 7.93. The summed E-state index contributed by atoms with van der Waals surface area (Å²) < 4.78 is 39.0. The molecule has 3 aromatic rings. The lowest BCUT2D eigenvalue weighted by molar-refractivity contribution is -0.114. The number of nitrogens with zero attached hydrogens (tertiary/aromatic N) is 1. The van der Waals surface area contributed by atoms with E-state index < -0.39 is 22.5 Å². The Hall–Kier alpha value is -3.23. The van der Waals surface area contributed by atoms with Crippen molar-refractivity contribution in [1.82, 2.24) is 0 Å². The first-order valence-corrected chi connectivity index (χ1v) is 11.8. The van der Waals surface area contributed by atoms with E-state index in [1.165, 1.54) is 32.4 Å². The molecule has 174 valence electrons. The van der Waals surface area contributed by atoms with Crippen LogP contribution in [0.25, 0.3) is 0 Å². The molecule has 0 saturated carbocycles. The van der Waals surface area contributed by atoms with Crippen LogP contribution in [-0.2, 0) is 14.8 Å². The smallest absolute Gasteiger partial charge is 0.268 e. The Morgan fingerprint density at radius 2 is 1.61 bits per heavy atom. The molecule has 0 saturated heterocycles. The van der Waals surface area contributed by atoms with E-state index in [0.29, 0.717) is 11.4 Å². The normalized spacial score (nSPS) is 11.1. The van der Waals surface area contributed by atoms with Crippen molar-refractivity contribution in [2.75, 3.05) is 30.4 Å². The fourth-order valence-corrected chi connectivity index (χ4v) is 5.19. The third-order valence-electron chi connectivity index (χ3n) is 4.90. The molecular formula is C24H25ClN2O5S. The fraction of sp³-hybridized carbons (Fsp3) is 0.208. The Bertz CT molecular complexity index is 1280. The van der Waals surface area contributed by atoms with Gasteiger partial charge >= 0.3 is 0 Å². The van der Waals surface area contributed by atoms with Crippen LogP contribution in [-0.4, -0.2) is 35.1 Å². The number of rotatable bonds is 8. The van der Waals surface area contributed by atoms with Crippen molar-refractivity contribution in [2.45, 2.75) is 18.7 Å². The van der Waals surface area contributed by atoms with Crippen molar-refractivity contribution in [1.29, 1.82) is 0 Å². The maximum Gasteiger partial charge on any atom is 0.268 e. The number of carbonyl (C=O) groups excluding carboxylic acids is 1. The van der Waals surface area contributed by atoms with Crippen molar-refractivity contribution in [3.63, 3.8) is 0 Å². The number of nitrogens with one attached hydrogen (secondary N) is 1. The molecule has 9 heteroatoms. The maximum atomic E-state index is 13.8. The number of halogens is 1. The van der Waals surface area contributed by atoms with Gasteiger partial charge in [-0.25, -0.2) is 8.42 Å². The number of amides is 1. The lowest BCUT2D eigenvalue weighted by atomic mass is 10.2. The largest absolute Gasteiger partial charge is 0.495 e. The second kappa shape index (κ2) is 10.1. The highest BCUT2D eigenvalue weighted by Gasteiger charge is 2.30. The zero-order chi connectivity index (χ0) is 24.2. The van der Waals surface area contributed by atoms with Gasteiger partial charge in [0, 0.05) is 5.69 Å². The predicted octanol–water partition coefficient (Wildman–Crippen LogP) is 4.81. The van der Waals surface area contributed by atoms with Gasteiger partial charge in [-0.05, 0) is 67.4 Å². The lowest BCUT2D eigenvalue weighted by Crippen LogP contribution is -2.38. The van der Waals surface area contributed by atoms with E-state index in [0.717, 1.165) is 15.4 Å². The average molecular weight is 489 g/mol. The van der Waals surface area contributed by atoms with Crippen LogP contribution in [0, 0.1) is 13.8 Å². The Kier molecular flexibility index (Phi) is 7.50. The summed E-state index contributed by atoms with van der Waals surface area (Å²) in [6, 6.07) is 16.6. The van der Waals surface area contributed by atoms with E-state index in [1.807, 2.05) is 13.0 Å². The molecule has 0 aliphatic heterocycles. The van der Waals surface area contributed by atoms with Gasteiger partial charge in [0.25, 0.3) is 10.0 Å². The molecule has 7 nitrogen and oxygen atoms in total. The number of benzene rings is 3. The Labute approximate surface area is 198 Å². The topological polar surface area (TPSA) is 84.9 Å². The minimum Gasteiger partial charge on any atom is -0.495 e. The Balaban J connectivity index is 2.06. The summed E-state index contributed by atoms with van der Waals surface area (Å²) in [6.07, 6.45) is 0. The summed E-state index contributed by atoms with van der Waals surface area (Å²) in [5, 5.41) is 2.96. The van der Waals surface area contributed by atoms with Gasteiger partial charge in [0.2, 0.25) is 5.91 Å². The van der Waals surface area contributed by atoms with Gasteiger partial charge in [0.1, 0.15) is 22.9 Å². The minimum atomic E-state index is -4.20. The number of anilines is 2. The van der Waals surface area contributed by atoms with E-state index in [2.05, 4.69) is 5.32 Å². The van der Waals surface area contributed by atoms with Crippen LogP contribution in [0.4, 0.5) is 11.4 Å². The van der Waals surface area contributed by atoms with Crippen LogP contribution in [0.1, 0.15) is 11.1 Å². The molecule has 1 amide bonds. The van der Waals surface area contributed by atoms with Crippen molar-refractivity contribution < 1.29 is 22.7 Å². The van der Waals surface area contributed by atoms with Gasteiger partial charge in [0.05, 0.1) is 24.9 Å². The van der Waals surface area contributed by atoms with Gasteiger partial charge in [0.15, 0.2) is 0 Å². The van der Waals surface area contributed by atoms with Crippen LogP contribution in [0.3, 0.4) is 0 Å². The molecule has 0 fully saturated rings. The number of aryl methyl sites for hydroxylation is 2. The van der Waals surface area contributed by atoms with Gasteiger partial charge in [-0.2, -0.15) is 0 Å². The molecular weight excluding hydrogens is 464 g/mol. The number of ether oxygens (including phenoxy) is 2.